The minimum absolute atomic E-state index is 0.0818. The van der Waals surface area contributed by atoms with E-state index < -0.39 is 4.92 Å². The van der Waals surface area contributed by atoms with Crippen molar-refractivity contribution in [1.29, 1.82) is 0 Å². The summed E-state index contributed by atoms with van der Waals surface area (Å²) >= 11 is 1.29. The van der Waals surface area contributed by atoms with Crippen LogP contribution in [0.5, 0.6) is 0 Å². The van der Waals surface area contributed by atoms with Crippen LogP contribution in [0, 0.1) is 10.1 Å². The molecule has 2 heterocycles. The molecule has 160 valence electrons. The largest absolute Gasteiger partial charge is 0.350 e. The Bertz CT molecular complexity index is 1120. The van der Waals surface area contributed by atoms with Crippen molar-refractivity contribution in [1.82, 2.24) is 15.2 Å². The molecule has 1 aliphatic rings. The van der Waals surface area contributed by atoms with Gasteiger partial charge in [0.1, 0.15) is 0 Å². The number of aromatic nitrogens is 1. The number of carbonyl (C=O) groups is 1. The minimum Gasteiger partial charge on any atom is -0.350 e. The quantitative estimate of drug-likeness (QED) is 0.433. The fraction of sp³-hybridized carbons (Fsp3) is 0.304. The summed E-state index contributed by atoms with van der Waals surface area (Å²) in [6.07, 6.45) is 3.90. The van der Waals surface area contributed by atoms with Gasteiger partial charge in [-0.3, -0.25) is 24.8 Å². The number of pyridine rings is 1. The number of nitro benzene ring substituents is 1. The summed E-state index contributed by atoms with van der Waals surface area (Å²) in [4.78, 5) is 32.0. The van der Waals surface area contributed by atoms with Crippen LogP contribution in [-0.2, 0) is 0 Å². The first-order chi connectivity index (χ1) is 15.1. The summed E-state index contributed by atoms with van der Waals surface area (Å²) in [6, 6.07) is 14.6. The molecule has 1 atom stereocenters. The summed E-state index contributed by atoms with van der Waals surface area (Å²) in [5.74, 6) is -0.283. The molecule has 1 aliphatic heterocycles. The molecule has 31 heavy (non-hydrogen) atoms. The smallest absolute Gasteiger partial charge is 0.284 e. The zero-order chi connectivity index (χ0) is 21.8. The Morgan fingerprint density at radius 2 is 2.10 bits per heavy atom. The van der Waals surface area contributed by atoms with Crippen molar-refractivity contribution in [3.8, 4) is 0 Å². The van der Waals surface area contributed by atoms with E-state index in [1.54, 1.807) is 18.3 Å². The van der Waals surface area contributed by atoms with Gasteiger partial charge in [0.25, 0.3) is 11.6 Å². The number of benzene rings is 2. The summed E-state index contributed by atoms with van der Waals surface area (Å²) in [5, 5.41) is 15.7. The number of para-hydroxylation sites is 1. The van der Waals surface area contributed by atoms with Crippen LogP contribution in [-0.4, -0.2) is 46.4 Å². The SMILES string of the molecule is CCN1CCCC1CNC(=O)c1ccc(Sc2cccc3cccnc23)c([N+](=O)[O-])c1. The first kappa shape index (κ1) is 21.3. The molecule has 0 saturated carbocycles. The number of nitrogens with one attached hydrogen (secondary N) is 1. The fourth-order valence-corrected chi connectivity index (χ4v) is 5.04. The van der Waals surface area contributed by atoms with E-state index in [0.717, 1.165) is 41.7 Å². The molecule has 0 aliphatic carbocycles. The van der Waals surface area contributed by atoms with Crippen LogP contribution < -0.4 is 5.32 Å². The second-order valence-electron chi connectivity index (χ2n) is 7.51. The van der Waals surface area contributed by atoms with Crippen molar-refractivity contribution < 1.29 is 9.72 Å². The molecule has 1 unspecified atom stereocenters. The molecule has 7 nitrogen and oxygen atoms in total. The molecule has 0 spiro atoms. The zero-order valence-corrected chi connectivity index (χ0v) is 18.1. The normalized spacial score (nSPS) is 16.5. The summed E-state index contributed by atoms with van der Waals surface area (Å²) in [5.41, 5.74) is 1.01. The van der Waals surface area contributed by atoms with E-state index in [1.807, 2.05) is 30.3 Å². The van der Waals surface area contributed by atoms with Gasteiger partial charge in [-0.2, -0.15) is 0 Å². The van der Waals surface area contributed by atoms with E-state index >= 15 is 0 Å². The van der Waals surface area contributed by atoms with Crippen molar-refractivity contribution in [2.24, 2.45) is 0 Å². The van der Waals surface area contributed by atoms with Crippen LogP contribution in [0.15, 0.2) is 64.5 Å². The number of fused-ring (bicyclic) bond motifs is 1. The predicted octanol–water partition coefficient (Wildman–Crippen LogP) is 4.51. The van der Waals surface area contributed by atoms with Gasteiger partial charge in [-0.25, -0.2) is 0 Å². The Labute approximate surface area is 185 Å². The second kappa shape index (κ2) is 9.45. The number of hydrogen-bond acceptors (Lipinski definition) is 6. The molecule has 1 saturated heterocycles. The highest BCUT2D eigenvalue weighted by Crippen LogP contribution is 2.38. The molecule has 0 radical (unpaired) electrons. The lowest BCUT2D eigenvalue weighted by molar-refractivity contribution is -0.387. The molecule has 0 bridgehead atoms. The van der Waals surface area contributed by atoms with Crippen molar-refractivity contribution in [2.75, 3.05) is 19.6 Å². The van der Waals surface area contributed by atoms with Crippen LogP contribution in [0.2, 0.25) is 0 Å². The van der Waals surface area contributed by atoms with E-state index in [0.29, 0.717) is 23.0 Å². The third-order valence-corrected chi connectivity index (χ3v) is 6.75. The van der Waals surface area contributed by atoms with Crippen molar-refractivity contribution >= 4 is 34.3 Å². The zero-order valence-electron chi connectivity index (χ0n) is 17.3. The van der Waals surface area contributed by atoms with E-state index in [4.69, 9.17) is 0 Å². The van der Waals surface area contributed by atoms with Gasteiger partial charge in [0, 0.05) is 40.7 Å². The topological polar surface area (TPSA) is 88.4 Å². The molecule has 3 aromatic rings. The van der Waals surface area contributed by atoms with Crippen molar-refractivity contribution in [3.05, 3.63) is 70.4 Å². The van der Waals surface area contributed by atoms with Crippen molar-refractivity contribution in [2.45, 2.75) is 35.6 Å². The van der Waals surface area contributed by atoms with Gasteiger partial charge in [0.05, 0.1) is 15.3 Å². The maximum atomic E-state index is 12.6. The average Bonchev–Trinajstić information content (AvgIpc) is 3.25. The molecule has 1 fully saturated rings. The lowest BCUT2D eigenvalue weighted by Crippen LogP contribution is -2.40. The van der Waals surface area contributed by atoms with E-state index in [9.17, 15) is 14.9 Å². The molecular formula is C23H24N4O3S. The lowest BCUT2D eigenvalue weighted by atomic mass is 10.1. The van der Waals surface area contributed by atoms with Crippen LogP contribution >= 0.6 is 11.8 Å². The molecule has 1 N–H and O–H groups in total. The number of nitrogens with zero attached hydrogens (tertiary/aromatic N) is 3. The summed E-state index contributed by atoms with van der Waals surface area (Å²) < 4.78 is 0. The Balaban J connectivity index is 1.54. The van der Waals surface area contributed by atoms with Crippen LogP contribution in [0.4, 0.5) is 5.69 Å². The maximum absolute atomic E-state index is 12.6. The van der Waals surface area contributed by atoms with Gasteiger partial charge in [0.15, 0.2) is 0 Å². The first-order valence-corrected chi connectivity index (χ1v) is 11.2. The standard InChI is InChI=1S/C23H24N4O3S/c1-2-26-13-5-8-18(26)15-25-23(28)17-10-11-20(19(14-17)27(29)30)31-21-9-3-6-16-7-4-12-24-22(16)21/h3-4,6-7,9-12,14,18H,2,5,8,13,15H2,1H3,(H,25,28). The van der Waals surface area contributed by atoms with Crippen LogP contribution in [0.25, 0.3) is 10.9 Å². The number of amides is 1. The monoisotopic (exact) mass is 436 g/mol. The Morgan fingerprint density at radius 3 is 2.90 bits per heavy atom. The highest BCUT2D eigenvalue weighted by atomic mass is 32.2. The number of nitro groups is 1. The van der Waals surface area contributed by atoms with E-state index in [2.05, 4.69) is 22.1 Å². The molecule has 2 aromatic carbocycles. The number of likely N-dealkylation sites (tertiary alicyclic amines) is 1. The van der Waals surface area contributed by atoms with Crippen LogP contribution in [0.3, 0.4) is 0 Å². The van der Waals surface area contributed by atoms with Crippen LogP contribution in [0.1, 0.15) is 30.1 Å². The van der Waals surface area contributed by atoms with E-state index in [-0.39, 0.29) is 11.6 Å². The van der Waals surface area contributed by atoms with Gasteiger partial charge in [-0.1, -0.05) is 36.9 Å². The Morgan fingerprint density at radius 1 is 1.26 bits per heavy atom. The highest BCUT2D eigenvalue weighted by molar-refractivity contribution is 7.99. The Kier molecular flexibility index (Phi) is 6.48. The third-order valence-electron chi connectivity index (χ3n) is 5.64. The number of likely N-dealkylation sites (N-methyl/N-ethyl adjacent to an activating group) is 1. The van der Waals surface area contributed by atoms with Gasteiger partial charge < -0.3 is 5.32 Å². The molecule has 1 amide bonds. The number of rotatable bonds is 7. The Hall–Kier alpha value is -2.97. The lowest BCUT2D eigenvalue weighted by Gasteiger charge is -2.22. The fourth-order valence-electron chi connectivity index (χ4n) is 4.02. The van der Waals surface area contributed by atoms with Gasteiger partial charge in [0.2, 0.25) is 0 Å². The molecular weight excluding hydrogens is 412 g/mol. The summed E-state index contributed by atoms with van der Waals surface area (Å²) in [7, 11) is 0. The third kappa shape index (κ3) is 4.70. The molecule has 4 rings (SSSR count). The van der Waals surface area contributed by atoms with Gasteiger partial charge in [-0.15, -0.1) is 0 Å². The summed E-state index contributed by atoms with van der Waals surface area (Å²) in [6.45, 7) is 4.68. The maximum Gasteiger partial charge on any atom is 0.284 e. The second-order valence-corrected chi connectivity index (χ2v) is 8.59. The average molecular weight is 437 g/mol. The molecule has 1 aromatic heterocycles. The number of carbonyl (C=O) groups excluding carboxylic acids is 1. The molecule has 8 heteroatoms. The highest BCUT2D eigenvalue weighted by Gasteiger charge is 2.24. The van der Waals surface area contributed by atoms with Gasteiger partial charge >= 0.3 is 0 Å². The number of hydrogen-bond donors (Lipinski definition) is 1. The van der Waals surface area contributed by atoms with Crippen molar-refractivity contribution in [3.63, 3.8) is 0 Å². The van der Waals surface area contributed by atoms with Gasteiger partial charge in [-0.05, 0) is 50.2 Å². The first-order valence-electron chi connectivity index (χ1n) is 10.4. The van der Waals surface area contributed by atoms with E-state index in [1.165, 1.54) is 17.8 Å². The minimum atomic E-state index is -0.437. The predicted molar refractivity (Wildman–Crippen MR) is 122 cm³/mol.